The highest BCUT2D eigenvalue weighted by atomic mass is 35.5. The van der Waals surface area contributed by atoms with Gasteiger partial charge in [0.05, 0.1) is 17.1 Å². The average molecular weight is 518 g/mol. The van der Waals surface area contributed by atoms with Crippen LogP contribution in [-0.4, -0.2) is 60.7 Å². The minimum Gasteiger partial charge on any atom is -0.372 e. The number of nitrogens with one attached hydrogen (secondary N) is 1. The molecule has 0 radical (unpaired) electrons. The first kappa shape index (κ1) is 25.2. The second-order valence-electron chi connectivity index (χ2n) is 8.82. The van der Waals surface area contributed by atoms with Crippen molar-refractivity contribution in [2.45, 2.75) is 44.0 Å². The van der Waals surface area contributed by atoms with Gasteiger partial charge in [0.15, 0.2) is 9.84 Å². The van der Waals surface area contributed by atoms with Crippen LogP contribution in [0, 0.1) is 0 Å². The summed E-state index contributed by atoms with van der Waals surface area (Å²) in [7, 11) is -3.97. The van der Waals surface area contributed by atoms with E-state index in [9.17, 15) is 18.0 Å². The number of hydrogen-bond donors (Lipinski definition) is 1. The topological polar surface area (TPSA) is 97.7 Å². The van der Waals surface area contributed by atoms with Crippen molar-refractivity contribution in [1.82, 2.24) is 14.8 Å². The maximum atomic E-state index is 13.2. The largest absolute Gasteiger partial charge is 0.372 e. The molecule has 2 aromatic carbocycles. The molecular weight excluding hydrogens is 490 g/mol. The fourth-order valence-electron chi connectivity index (χ4n) is 4.36. The highest BCUT2D eigenvalue weighted by molar-refractivity contribution is 7.92. The van der Waals surface area contributed by atoms with Gasteiger partial charge in [0.1, 0.15) is 12.3 Å². The third-order valence-corrected chi connectivity index (χ3v) is 7.93. The fraction of sp³-hybridized carbons (Fsp3) is 0.360. The molecule has 0 saturated carbocycles. The molecule has 1 aliphatic rings. The fourth-order valence-corrected chi connectivity index (χ4v) is 5.96. The van der Waals surface area contributed by atoms with Gasteiger partial charge in [0.25, 0.3) is 0 Å². The molecular formula is C25H28ClN3O5S. The molecule has 10 heteroatoms. The molecule has 3 aromatic rings. The SMILES string of the molecule is CC1CN(C(=O)Cn2cc(S(=O)(=O)CC(=O)NCc3ccccc3Cl)c3ccccc32)CC(C)O1. The summed E-state index contributed by atoms with van der Waals surface area (Å²) in [5.41, 5.74) is 1.31. The minimum absolute atomic E-state index is 0.00578. The Bertz CT molecular complexity index is 1340. The van der Waals surface area contributed by atoms with Crippen molar-refractivity contribution in [3.8, 4) is 0 Å². The standard InChI is InChI=1S/C25H28ClN3O5S/c1-17-12-29(13-18(2)34-17)25(31)15-28-14-23(20-8-4-6-10-22(20)28)35(32,33)16-24(30)27-11-19-7-3-5-9-21(19)26/h3-10,14,17-18H,11-13,15-16H2,1-2H3,(H,27,30). The smallest absolute Gasteiger partial charge is 0.242 e. The molecule has 8 nitrogen and oxygen atoms in total. The first-order valence-electron chi connectivity index (χ1n) is 11.4. The number of fused-ring (bicyclic) bond motifs is 1. The number of aromatic nitrogens is 1. The van der Waals surface area contributed by atoms with E-state index in [0.29, 0.717) is 34.6 Å². The van der Waals surface area contributed by atoms with E-state index in [2.05, 4.69) is 5.32 Å². The third kappa shape index (κ3) is 5.86. The van der Waals surface area contributed by atoms with Gasteiger partial charge >= 0.3 is 0 Å². The van der Waals surface area contributed by atoms with Gasteiger partial charge in [0, 0.05) is 41.8 Å². The molecule has 1 saturated heterocycles. The molecule has 0 bridgehead atoms. The quantitative estimate of drug-likeness (QED) is 0.519. The Morgan fingerprint density at radius 2 is 1.71 bits per heavy atom. The molecule has 2 unspecified atom stereocenters. The van der Waals surface area contributed by atoms with Crippen LogP contribution in [0.15, 0.2) is 59.6 Å². The Morgan fingerprint density at radius 3 is 2.43 bits per heavy atom. The first-order valence-corrected chi connectivity index (χ1v) is 13.4. The summed E-state index contributed by atoms with van der Waals surface area (Å²) in [6, 6.07) is 14.0. The van der Waals surface area contributed by atoms with E-state index in [-0.39, 0.29) is 36.1 Å². The van der Waals surface area contributed by atoms with Crippen LogP contribution in [0.1, 0.15) is 19.4 Å². The van der Waals surface area contributed by atoms with Crippen LogP contribution in [0.25, 0.3) is 10.9 Å². The highest BCUT2D eigenvalue weighted by Gasteiger charge is 2.28. The number of carbonyl (C=O) groups is 2. The molecule has 2 atom stereocenters. The van der Waals surface area contributed by atoms with Gasteiger partial charge in [-0.3, -0.25) is 9.59 Å². The zero-order valence-corrected chi connectivity index (χ0v) is 21.2. The summed E-state index contributed by atoms with van der Waals surface area (Å²) in [5, 5.41) is 3.59. The van der Waals surface area contributed by atoms with E-state index < -0.39 is 21.5 Å². The summed E-state index contributed by atoms with van der Waals surface area (Å²) >= 11 is 6.11. The highest BCUT2D eigenvalue weighted by Crippen LogP contribution is 2.27. The molecule has 4 rings (SSSR count). The number of halogens is 1. The maximum Gasteiger partial charge on any atom is 0.242 e. The number of para-hydroxylation sites is 1. The van der Waals surface area contributed by atoms with Gasteiger partial charge in [0.2, 0.25) is 11.8 Å². The zero-order valence-electron chi connectivity index (χ0n) is 19.6. The Hall–Kier alpha value is -2.88. The summed E-state index contributed by atoms with van der Waals surface area (Å²) < 4.78 is 33.8. The molecule has 0 spiro atoms. The molecule has 0 aliphatic carbocycles. The lowest BCUT2D eigenvalue weighted by Gasteiger charge is -2.35. The second-order valence-corrected chi connectivity index (χ2v) is 11.2. The molecule has 186 valence electrons. The number of hydrogen-bond acceptors (Lipinski definition) is 5. The number of morpholine rings is 1. The number of ether oxygens (including phenoxy) is 1. The lowest BCUT2D eigenvalue weighted by atomic mass is 10.2. The zero-order chi connectivity index (χ0) is 25.2. The minimum atomic E-state index is -3.97. The molecule has 1 N–H and O–H groups in total. The van der Waals surface area contributed by atoms with Gasteiger partial charge in [-0.15, -0.1) is 0 Å². The summed E-state index contributed by atoms with van der Waals surface area (Å²) in [6.45, 7) is 4.93. The van der Waals surface area contributed by atoms with Gasteiger partial charge in [-0.05, 0) is 31.5 Å². The van der Waals surface area contributed by atoms with E-state index >= 15 is 0 Å². The predicted molar refractivity (Wildman–Crippen MR) is 134 cm³/mol. The Labute approximate surface area is 209 Å². The average Bonchev–Trinajstić information content (AvgIpc) is 3.17. The Kier molecular flexibility index (Phi) is 7.49. The summed E-state index contributed by atoms with van der Waals surface area (Å²) in [4.78, 5) is 27.3. The number of rotatable bonds is 7. The van der Waals surface area contributed by atoms with E-state index in [1.807, 2.05) is 13.8 Å². The van der Waals surface area contributed by atoms with Crippen LogP contribution >= 0.6 is 11.6 Å². The first-order chi connectivity index (χ1) is 16.6. The van der Waals surface area contributed by atoms with Crippen LogP contribution in [0.5, 0.6) is 0 Å². The van der Waals surface area contributed by atoms with Crippen LogP contribution in [0.2, 0.25) is 5.02 Å². The molecule has 1 aliphatic heterocycles. The van der Waals surface area contributed by atoms with Crippen LogP contribution in [0.3, 0.4) is 0 Å². The van der Waals surface area contributed by atoms with Gasteiger partial charge in [-0.1, -0.05) is 48.0 Å². The molecule has 2 amide bonds. The van der Waals surface area contributed by atoms with Crippen LogP contribution < -0.4 is 5.32 Å². The molecule has 2 heterocycles. The number of nitrogens with zero attached hydrogens (tertiary/aromatic N) is 2. The van der Waals surface area contributed by atoms with Crippen molar-refractivity contribution in [3.05, 3.63) is 65.3 Å². The Morgan fingerprint density at radius 1 is 1.06 bits per heavy atom. The molecule has 1 fully saturated rings. The third-order valence-electron chi connectivity index (χ3n) is 5.92. The lowest BCUT2D eigenvalue weighted by Crippen LogP contribution is -2.49. The van der Waals surface area contributed by atoms with Gasteiger partial charge in [-0.25, -0.2) is 8.42 Å². The predicted octanol–water partition coefficient (Wildman–Crippen LogP) is 3.02. The van der Waals surface area contributed by atoms with Crippen LogP contribution in [0.4, 0.5) is 0 Å². The van der Waals surface area contributed by atoms with Crippen molar-refractivity contribution in [2.75, 3.05) is 18.8 Å². The van der Waals surface area contributed by atoms with Crippen molar-refractivity contribution < 1.29 is 22.7 Å². The second kappa shape index (κ2) is 10.4. The summed E-state index contributed by atoms with van der Waals surface area (Å²) in [5.74, 6) is -1.46. The lowest BCUT2D eigenvalue weighted by molar-refractivity contribution is -0.143. The van der Waals surface area contributed by atoms with Crippen molar-refractivity contribution >= 4 is 44.2 Å². The van der Waals surface area contributed by atoms with E-state index in [1.54, 1.807) is 58.0 Å². The number of amides is 2. The van der Waals surface area contributed by atoms with E-state index in [0.717, 1.165) is 0 Å². The summed E-state index contributed by atoms with van der Waals surface area (Å²) in [6.07, 6.45) is 1.32. The van der Waals surface area contributed by atoms with Crippen molar-refractivity contribution in [2.24, 2.45) is 0 Å². The normalized spacial score (nSPS) is 18.5. The Balaban J connectivity index is 1.52. The monoisotopic (exact) mass is 517 g/mol. The van der Waals surface area contributed by atoms with Gasteiger partial charge < -0.3 is 19.5 Å². The molecule has 35 heavy (non-hydrogen) atoms. The van der Waals surface area contributed by atoms with Crippen molar-refractivity contribution in [1.29, 1.82) is 0 Å². The van der Waals surface area contributed by atoms with Crippen LogP contribution in [-0.2, 0) is 37.3 Å². The number of sulfone groups is 1. The number of carbonyl (C=O) groups excluding carboxylic acids is 2. The molecule has 1 aromatic heterocycles. The number of benzene rings is 2. The van der Waals surface area contributed by atoms with Crippen molar-refractivity contribution in [3.63, 3.8) is 0 Å². The van der Waals surface area contributed by atoms with Gasteiger partial charge in [-0.2, -0.15) is 0 Å². The van der Waals surface area contributed by atoms with E-state index in [4.69, 9.17) is 16.3 Å². The maximum absolute atomic E-state index is 13.2. The van der Waals surface area contributed by atoms with E-state index in [1.165, 1.54) is 6.20 Å².